The smallest absolute Gasteiger partial charge is 0.408 e. The van der Waals surface area contributed by atoms with Gasteiger partial charge in [0.1, 0.15) is 12.6 Å². The summed E-state index contributed by atoms with van der Waals surface area (Å²) in [5.74, 6) is -0.336. The third kappa shape index (κ3) is 8.66. The molecule has 174 valence electrons. The molecular weight excluding hydrogens is 410 g/mol. The summed E-state index contributed by atoms with van der Waals surface area (Å²) >= 11 is 0. The second kappa shape index (κ2) is 14.2. The molecule has 0 bridgehead atoms. The molecule has 2 aromatic carbocycles. The van der Waals surface area contributed by atoms with Crippen LogP contribution in [0.4, 0.5) is 4.79 Å². The Bertz CT molecular complexity index is 798. The molecule has 0 heterocycles. The summed E-state index contributed by atoms with van der Waals surface area (Å²) in [4.78, 5) is 27.2. The van der Waals surface area contributed by atoms with Crippen LogP contribution in [-0.4, -0.2) is 55.5 Å². The van der Waals surface area contributed by atoms with Crippen molar-refractivity contribution < 1.29 is 23.8 Å². The Morgan fingerprint density at radius 2 is 1.50 bits per heavy atom. The number of ether oxygens (including phenoxy) is 3. The highest BCUT2D eigenvalue weighted by Crippen LogP contribution is 2.10. The van der Waals surface area contributed by atoms with Gasteiger partial charge in [0.25, 0.3) is 0 Å². The van der Waals surface area contributed by atoms with Gasteiger partial charge in [-0.2, -0.15) is 0 Å². The molecule has 0 saturated carbocycles. The van der Waals surface area contributed by atoms with Gasteiger partial charge in [-0.3, -0.25) is 4.79 Å². The molecule has 0 aromatic heterocycles. The molecule has 0 aliphatic heterocycles. The SMILES string of the molecule is CCOC(CN(Cc1ccccc1)C(=O)C(CN)NC(=O)OCc1ccccc1)OCC. The third-order valence-electron chi connectivity index (χ3n) is 4.64. The van der Waals surface area contributed by atoms with Crippen molar-refractivity contribution in [2.45, 2.75) is 39.3 Å². The zero-order chi connectivity index (χ0) is 23.2. The van der Waals surface area contributed by atoms with Gasteiger partial charge >= 0.3 is 6.09 Å². The van der Waals surface area contributed by atoms with Crippen LogP contribution in [0.2, 0.25) is 0 Å². The van der Waals surface area contributed by atoms with Crippen LogP contribution in [0.3, 0.4) is 0 Å². The Kier molecular flexibility index (Phi) is 11.2. The number of rotatable bonds is 13. The highest BCUT2D eigenvalue weighted by molar-refractivity contribution is 5.86. The number of benzene rings is 2. The maximum atomic E-state index is 13.3. The number of carbonyl (C=O) groups excluding carboxylic acids is 2. The summed E-state index contributed by atoms with van der Waals surface area (Å²) in [6.45, 7) is 5.18. The molecule has 1 atom stereocenters. The van der Waals surface area contributed by atoms with Gasteiger partial charge in [-0.05, 0) is 25.0 Å². The molecule has 2 aromatic rings. The Balaban J connectivity index is 2.06. The minimum atomic E-state index is -0.939. The molecule has 0 radical (unpaired) electrons. The molecule has 0 fully saturated rings. The van der Waals surface area contributed by atoms with Crippen LogP contribution < -0.4 is 11.1 Å². The van der Waals surface area contributed by atoms with E-state index in [1.165, 1.54) is 0 Å². The van der Waals surface area contributed by atoms with Crippen molar-refractivity contribution in [1.29, 1.82) is 0 Å². The van der Waals surface area contributed by atoms with Gasteiger partial charge < -0.3 is 30.2 Å². The number of hydrogen-bond acceptors (Lipinski definition) is 6. The van der Waals surface area contributed by atoms with Crippen LogP contribution in [0.5, 0.6) is 0 Å². The number of amides is 2. The number of nitrogens with one attached hydrogen (secondary N) is 1. The summed E-state index contributed by atoms with van der Waals surface area (Å²) < 4.78 is 16.5. The molecular formula is C24H33N3O5. The Morgan fingerprint density at radius 1 is 0.938 bits per heavy atom. The summed E-state index contributed by atoms with van der Waals surface area (Å²) in [6, 6.07) is 17.9. The van der Waals surface area contributed by atoms with E-state index in [2.05, 4.69) is 5.32 Å². The zero-order valence-electron chi connectivity index (χ0n) is 18.7. The van der Waals surface area contributed by atoms with Gasteiger partial charge in [0.2, 0.25) is 5.91 Å². The Morgan fingerprint density at radius 3 is 2.03 bits per heavy atom. The van der Waals surface area contributed by atoms with Gasteiger partial charge in [-0.25, -0.2) is 4.79 Å². The lowest BCUT2D eigenvalue weighted by atomic mass is 10.2. The average Bonchev–Trinajstić information content (AvgIpc) is 2.82. The lowest BCUT2D eigenvalue weighted by molar-refractivity contribution is -0.160. The summed E-state index contributed by atoms with van der Waals surface area (Å²) in [6.07, 6.45) is -1.29. The molecule has 2 rings (SSSR count). The third-order valence-corrected chi connectivity index (χ3v) is 4.64. The first kappa shape index (κ1) is 25.3. The van der Waals surface area contributed by atoms with E-state index in [9.17, 15) is 9.59 Å². The minimum absolute atomic E-state index is 0.0709. The number of nitrogens with two attached hydrogens (primary N) is 1. The van der Waals surface area contributed by atoms with Gasteiger partial charge in [0, 0.05) is 26.3 Å². The highest BCUT2D eigenvalue weighted by atomic mass is 16.7. The quantitative estimate of drug-likeness (QED) is 0.462. The molecule has 8 heteroatoms. The average molecular weight is 444 g/mol. The van der Waals surface area contributed by atoms with Crippen molar-refractivity contribution >= 4 is 12.0 Å². The maximum absolute atomic E-state index is 13.3. The van der Waals surface area contributed by atoms with Crippen molar-refractivity contribution in [1.82, 2.24) is 10.2 Å². The molecule has 2 amide bonds. The molecule has 0 spiro atoms. The first-order chi connectivity index (χ1) is 15.6. The van der Waals surface area contributed by atoms with Crippen LogP contribution in [0.1, 0.15) is 25.0 Å². The maximum Gasteiger partial charge on any atom is 0.408 e. The number of alkyl carbamates (subject to hydrolysis) is 1. The Hall–Kier alpha value is -2.94. The molecule has 3 N–H and O–H groups in total. The topological polar surface area (TPSA) is 103 Å². The van der Waals surface area contributed by atoms with E-state index in [-0.39, 0.29) is 25.6 Å². The summed E-state index contributed by atoms with van der Waals surface area (Å²) in [7, 11) is 0. The van der Waals surface area contributed by atoms with E-state index >= 15 is 0 Å². The van der Waals surface area contributed by atoms with Crippen LogP contribution in [0, 0.1) is 0 Å². The summed E-state index contributed by atoms with van der Waals surface area (Å²) in [5.41, 5.74) is 7.62. The van der Waals surface area contributed by atoms with Crippen molar-refractivity contribution in [2.75, 3.05) is 26.3 Å². The first-order valence-corrected chi connectivity index (χ1v) is 10.8. The number of carbonyl (C=O) groups is 2. The van der Waals surface area contributed by atoms with E-state index in [4.69, 9.17) is 19.9 Å². The molecule has 0 saturated heterocycles. The predicted molar refractivity (Wildman–Crippen MR) is 122 cm³/mol. The largest absolute Gasteiger partial charge is 0.445 e. The van der Waals surface area contributed by atoms with E-state index in [0.29, 0.717) is 19.8 Å². The fourth-order valence-corrected chi connectivity index (χ4v) is 3.09. The van der Waals surface area contributed by atoms with E-state index in [1.54, 1.807) is 4.90 Å². The molecule has 0 aliphatic carbocycles. The summed E-state index contributed by atoms with van der Waals surface area (Å²) in [5, 5.41) is 2.58. The normalized spacial score (nSPS) is 11.8. The predicted octanol–water partition coefficient (Wildman–Crippen LogP) is 2.67. The molecule has 32 heavy (non-hydrogen) atoms. The highest BCUT2D eigenvalue weighted by Gasteiger charge is 2.28. The number of hydrogen-bond donors (Lipinski definition) is 2. The van der Waals surface area contributed by atoms with E-state index in [0.717, 1.165) is 11.1 Å². The van der Waals surface area contributed by atoms with Crippen LogP contribution in [0.15, 0.2) is 60.7 Å². The van der Waals surface area contributed by atoms with Crippen molar-refractivity contribution in [3.05, 3.63) is 71.8 Å². The van der Waals surface area contributed by atoms with Crippen LogP contribution in [0.25, 0.3) is 0 Å². The Labute approximate surface area is 189 Å². The lowest BCUT2D eigenvalue weighted by Crippen LogP contribution is -2.53. The lowest BCUT2D eigenvalue weighted by Gasteiger charge is -2.30. The standard InChI is InChI=1S/C24H33N3O5/c1-3-30-22(31-4-2)17-27(16-19-11-7-5-8-12-19)23(28)21(15-25)26-24(29)32-18-20-13-9-6-10-14-20/h5-14,21-22H,3-4,15-18,25H2,1-2H3,(H,26,29). The van der Waals surface area contributed by atoms with Crippen LogP contribution in [-0.2, 0) is 32.2 Å². The molecule has 1 unspecified atom stereocenters. The van der Waals surface area contributed by atoms with Gasteiger partial charge in [0.15, 0.2) is 6.29 Å². The zero-order valence-corrected chi connectivity index (χ0v) is 18.7. The van der Waals surface area contributed by atoms with E-state index < -0.39 is 18.4 Å². The van der Waals surface area contributed by atoms with Crippen molar-refractivity contribution in [3.8, 4) is 0 Å². The van der Waals surface area contributed by atoms with Crippen LogP contribution >= 0.6 is 0 Å². The minimum Gasteiger partial charge on any atom is -0.445 e. The first-order valence-electron chi connectivity index (χ1n) is 10.8. The second-order valence-electron chi connectivity index (χ2n) is 7.04. The molecule has 0 aliphatic rings. The van der Waals surface area contributed by atoms with Gasteiger partial charge in [-0.1, -0.05) is 60.7 Å². The van der Waals surface area contributed by atoms with Crippen molar-refractivity contribution in [3.63, 3.8) is 0 Å². The fourth-order valence-electron chi connectivity index (χ4n) is 3.09. The fraction of sp³-hybridized carbons (Fsp3) is 0.417. The van der Waals surface area contributed by atoms with Crippen molar-refractivity contribution in [2.24, 2.45) is 5.73 Å². The number of nitrogens with zero attached hydrogens (tertiary/aromatic N) is 1. The second-order valence-corrected chi connectivity index (χ2v) is 7.04. The van der Waals surface area contributed by atoms with Gasteiger partial charge in [0.05, 0.1) is 6.54 Å². The van der Waals surface area contributed by atoms with E-state index in [1.807, 2.05) is 74.5 Å². The monoisotopic (exact) mass is 443 g/mol. The molecule has 8 nitrogen and oxygen atoms in total. The van der Waals surface area contributed by atoms with Gasteiger partial charge in [-0.15, -0.1) is 0 Å².